The predicted molar refractivity (Wildman–Crippen MR) is 148 cm³/mol. The average molecular weight is 454 g/mol. The summed E-state index contributed by atoms with van der Waals surface area (Å²) in [6.07, 6.45) is 6.21. The normalized spacial score (nSPS) is 12.9. The lowest BCUT2D eigenvalue weighted by atomic mass is 9.85. The van der Waals surface area contributed by atoms with Crippen molar-refractivity contribution in [3.05, 3.63) is 112 Å². The van der Waals surface area contributed by atoms with Crippen LogP contribution in [0.2, 0.25) is 0 Å². The van der Waals surface area contributed by atoms with Gasteiger partial charge in [-0.05, 0) is 97.9 Å². The summed E-state index contributed by atoms with van der Waals surface area (Å²) in [6.45, 7) is 20.5. The van der Waals surface area contributed by atoms with Gasteiger partial charge >= 0.3 is 0 Å². The molecule has 0 saturated heterocycles. The van der Waals surface area contributed by atoms with Gasteiger partial charge in [-0.25, -0.2) is 0 Å². The molecule has 0 fully saturated rings. The smallest absolute Gasteiger partial charge is 0.152 e. The molecule has 178 valence electrons. The summed E-state index contributed by atoms with van der Waals surface area (Å²) in [6, 6.07) is 14.7. The monoisotopic (exact) mass is 453 g/mol. The van der Waals surface area contributed by atoms with E-state index in [4.69, 9.17) is 5.41 Å². The van der Waals surface area contributed by atoms with E-state index in [2.05, 4.69) is 70.3 Å². The fourth-order valence-corrected chi connectivity index (χ4v) is 4.23. The maximum Gasteiger partial charge on any atom is 0.152 e. The topological polar surface area (TPSA) is 40.9 Å². The molecule has 0 heterocycles. The van der Waals surface area contributed by atoms with E-state index in [1.165, 1.54) is 16.7 Å². The molecule has 2 nitrogen and oxygen atoms in total. The summed E-state index contributed by atoms with van der Waals surface area (Å²) in [5, 5.41) is 8.26. The van der Waals surface area contributed by atoms with Gasteiger partial charge in [0, 0.05) is 0 Å². The number of rotatable bonds is 11. The van der Waals surface area contributed by atoms with Crippen molar-refractivity contribution in [1.29, 1.82) is 5.41 Å². The molecule has 0 spiro atoms. The third-order valence-electron chi connectivity index (χ3n) is 6.27. The maximum absolute atomic E-state index is 12.0. The molecular formula is C32H39NO. The number of carbonyl (C=O) groups excluding carboxylic acids is 1. The van der Waals surface area contributed by atoms with E-state index in [0.29, 0.717) is 12.1 Å². The van der Waals surface area contributed by atoms with Crippen LogP contribution in [0.4, 0.5) is 0 Å². The van der Waals surface area contributed by atoms with Crippen molar-refractivity contribution in [2.24, 2.45) is 5.92 Å². The molecule has 0 bridgehead atoms. The third-order valence-corrected chi connectivity index (χ3v) is 6.27. The highest BCUT2D eigenvalue weighted by Crippen LogP contribution is 2.31. The number of hydrogen-bond acceptors (Lipinski definition) is 2. The summed E-state index contributed by atoms with van der Waals surface area (Å²) >= 11 is 0. The fraction of sp³-hybridized carbons (Fsp3) is 0.312. The van der Waals surface area contributed by atoms with Crippen LogP contribution < -0.4 is 0 Å². The van der Waals surface area contributed by atoms with Crippen LogP contribution in [0.1, 0.15) is 68.4 Å². The molecule has 2 aromatic rings. The number of aryl methyl sites for hydroxylation is 2. The van der Waals surface area contributed by atoms with Gasteiger partial charge in [-0.3, -0.25) is 4.79 Å². The molecule has 0 aromatic heterocycles. The molecule has 2 heteroatoms. The Labute approximate surface area is 206 Å². The van der Waals surface area contributed by atoms with Crippen LogP contribution in [0.25, 0.3) is 5.57 Å². The van der Waals surface area contributed by atoms with E-state index in [1.54, 1.807) is 13.0 Å². The quantitative estimate of drug-likeness (QED) is 0.207. The van der Waals surface area contributed by atoms with Crippen molar-refractivity contribution in [2.45, 2.75) is 60.8 Å². The van der Waals surface area contributed by atoms with Crippen LogP contribution in [-0.4, -0.2) is 11.5 Å². The molecule has 2 rings (SSSR count). The molecule has 1 unspecified atom stereocenters. The highest BCUT2D eigenvalue weighted by Gasteiger charge is 2.15. The zero-order valence-electron chi connectivity index (χ0n) is 21.7. The Bertz CT molecular complexity index is 1120. The first kappa shape index (κ1) is 27.0. The first-order valence-corrected chi connectivity index (χ1v) is 12.1. The van der Waals surface area contributed by atoms with Crippen molar-refractivity contribution in [3.8, 4) is 0 Å². The van der Waals surface area contributed by atoms with Crippen LogP contribution in [-0.2, 0) is 11.2 Å². The summed E-state index contributed by atoms with van der Waals surface area (Å²) in [5.74, 6) is 0.305. The number of ketones is 1. The number of allylic oxidation sites excluding steroid dienone is 6. The van der Waals surface area contributed by atoms with Crippen LogP contribution >= 0.6 is 0 Å². The molecule has 1 N–H and O–H groups in total. The molecule has 0 aliphatic carbocycles. The molecule has 0 saturated carbocycles. The van der Waals surface area contributed by atoms with E-state index in [9.17, 15) is 4.79 Å². The number of benzene rings is 2. The lowest BCUT2D eigenvalue weighted by Gasteiger charge is -2.20. The molecule has 0 radical (unpaired) electrons. The van der Waals surface area contributed by atoms with E-state index < -0.39 is 0 Å². The molecular weight excluding hydrogens is 414 g/mol. The average Bonchev–Trinajstić information content (AvgIpc) is 2.79. The molecule has 0 aliphatic heterocycles. The van der Waals surface area contributed by atoms with E-state index in [1.807, 2.05) is 26.0 Å². The van der Waals surface area contributed by atoms with Gasteiger partial charge in [0.15, 0.2) is 5.78 Å². The van der Waals surface area contributed by atoms with Crippen molar-refractivity contribution in [3.63, 3.8) is 0 Å². The minimum Gasteiger partial charge on any atom is -0.300 e. The lowest BCUT2D eigenvalue weighted by Crippen LogP contribution is -2.07. The lowest BCUT2D eigenvalue weighted by molar-refractivity contribution is -0.112. The van der Waals surface area contributed by atoms with Gasteiger partial charge in [0.2, 0.25) is 0 Å². The van der Waals surface area contributed by atoms with Gasteiger partial charge in [-0.2, -0.15) is 0 Å². The van der Waals surface area contributed by atoms with Gasteiger partial charge in [-0.15, -0.1) is 0 Å². The van der Waals surface area contributed by atoms with E-state index >= 15 is 0 Å². The van der Waals surface area contributed by atoms with Crippen molar-refractivity contribution in [1.82, 2.24) is 0 Å². The Morgan fingerprint density at radius 2 is 1.62 bits per heavy atom. The van der Waals surface area contributed by atoms with Gasteiger partial charge in [-0.1, -0.05) is 86.7 Å². The van der Waals surface area contributed by atoms with Crippen molar-refractivity contribution in [2.75, 3.05) is 0 Å². The molecule has 1 atom stereocenters. The summed E-state index contributed by atoms with van der Waals surface area (Å²) in [4.78, 5) is 12.0. The van der Waals surface area contributed by atoms with Crippen LogP contribution in [0.15, 0.2) is 84.5 Å². The minimum absolute atomic E-state index is 0.0553. The van der Waals surface area contributed by atoms with Gasteiger partial charge < -0.3 is 5.41 Å². The largest absolute Gasteiger partial charge is 0.300 e. The second kappa shape index (κ2) is 12.3. The second-order valence-electron chi connectivity index (χ2n) is 9.31. The summed E-state index contributed by atoms with van der Waals surface area (Å²) in [7, 11) is 0. The van der Waals surface area contributed by atoms with Gasteiger partial charge in [0.1, 0.15) is 0 Å². The molecule has 0 aliphatic rings. The Hall–Kier alpha value is -3.26. The third kappa shape index (κ3) is 7.38. The minimum atomic E-state index is 0.0553. The Kier molecular flexibility index (Phi) is 9.74. The van der Waals surface area contributed by atoms with E-state index in [-0.39, 0.29) is 11.7 Å². The molecule has 34 heavy (non-hydrogen) atoms. The van der Waals surface area contributed by atoms with E-state index in [0.717, 1.165) is 46.3 Å². The summed E-state index contributed by atoms with van der Waals surface area (Å²) in [5.41, 5.74) is 10.3. The maximum atomic E-state index is 12.0. The van der Waals surface area contributed by atoms with Crippen molar-refractivity contribution >= 4 is 17.1 Å². The Balaban J connectivity index is 2.19. The Morgan fingerprint density at radius 1 is 1.03 bits per heavy atom. The summed E-state index contributed by atoms with van der Waals surface area (Å²) < 4.78 is 0. The second-order valence-corrected chi connectivity index (χ2v) is 9.31. The SMILES string of the molecule is C=C(CC)C(=N)c1ccc(CC(C)C(=C)/C(=C\C)C/C(=C/C(C)=O)c2cc(C)cc(C)c2)cc1. The first-order valence-electron chi connectivity index (χ1n) is 12.1. The van der Waals surface area contributed by atoms with Crippen molar-refractivity contribution < 1.29 is 4.79 Å². The number of nitrogens with one attached hydrogen (secondary N) is 1. The van der Waals surface area contributed by atoms with Gasteiger partial charge in [0.25, 0.3) is 0 Å². The highest BCUT2D eigenvalue weighted by molar-refractivity contribution is 6.10. The molecule has 0 amide bonds. The zero-order chi connectivity index (χ0) is 25.4. The van der Waals surface area contributed by atoms with Crippen LogP contribution in [0.3, 0.4) is 0 Å². The Morgan fingerprint density at radius 3 is 2.12 bits per heavy atom. The highest BCUT2D eigenvalue weighted by atomic mass is 16.1. The predicted octanol–water partition coefficient (Wildman–Crippen LogP) is 8.38. The van der Waals surface area contributed by atoms with Gasteiger partial charge in [0.05, 0.1) is 5.71 Å². The number of hydrogen-bond donors (Lipinski definition) is 1. The number of carbonyl (C=O) groups is 1. The fourth-order valence-electron chi connectivity index (χ4n) is 4.23. The first-order chi connectivity index (χ1) is 16.0. The van der Waals surface area contributed by atoms with Crippen LogP contribution in [0, 0.1) is 25.2 Å². The van der Waals surface area contributed by atoms with Crippen LogP contribution in [0.5, 0.6) is 0 Å². The zero-order valence-corrected chi connectivity index (χ0v) is 21.7. The standard InChI is InChI=1S/C32H39NO/c1-9-23(5)32(33)29-13-11-27(12-14-29)18-24(6)26(8)28(10-2)20-31(19-25(7)34)30-16-21(3)15-22(4)17-30/h10-17,19,24,33H,5,8-9,18,20H2,1-4,6-7H3/b28-10-,31-19-,33-32?. The molecule has 2 aromatic carbocycles.